The van der Waals surface area contributed by atoms with Gasteiger partial charge in [-0.25, -0.2) is 4.39 Å². The summed E-state index contributed by atoms with van der Waals surface area (Å²) in [5.41, 5.74) is 0. The Labute approximate surface area is 85.3 Å². The van der Waals surface area contributed by atoms with E-state index in [0.29, 0.717) is 5.92 Å². The van der Waals surface area contributed by atoms with Crippen molar-refractivity contribution in [3.63, 3.8) is 0 Å². The van der Waals surface area contributed by atoms with Gasteiger partial charge in [0.1, 0.15) is 5.83 Å². The predicted molar refractivity (Wildman–Crippen MR) is 56.7 cm³/mol. The second-order valence-corrected chi connectivity index (χ2v) is 4.49. The van der Waals surface area contributed by atoms with Gasteiger partial charge in [0.25, 0.3) is 0 Å². The van der Waals surface area contributed by atoms with Gasteiger partial charge in [0, 0.05) is 0 Å². The molecule has 1 unspecified atom stereocenters. The van der Waals surface area contributed by atoms with Crippen molar-refractivity contribution in [3.8, 4) is 0 Å². The molecule has 1 heterocycles. The standard InChI is InChI=1S/C12H18FN/c1-14-8-6-11(7-9-14)10-2-4-12(13)5-3-10/h2,4-5,10-11H,3,6-9H2,1H3. The molecule has 0 aromatic rings. The van der Waals surface area contributed by atoms with E-state index < -0.39 is 0 Å². The molecule has 1 nitrogen and oxygen atoms in total. The van der Waals surface area contributed by atoms with E-state index in [1.54, 1.807) is 12.2 Å². The van der Waals surface area contributed by atoms with Crippen LogP contribution in [0.2, 0.25) is 0 Å². The van der Waals surface area contributed by atoms with Crippen molar-refractivity contribution in [2.75, 3.05) is 20.1 Å². The van der Waals surface area contributed by atoms with E-state index >= 15 is 0 Å². The molecule has 0 saturated carbocycles. The average Bonchev–Trinajstić information content (AvgIpc) is 2.21. The molecule has 2 heteroatoms. The molecule has 0 N–H and O–H groups in total. The Balaban J connectivity index is 1.88. The molecule has 1 aliphatic heterocycles. The van der Waals surface area contributed by atoms with Gasteiger partial charge in [-0.2, -0.15) is 0 Å². The van der Waals surface area contributed by atoms with Crippen LogP contribution in [0.1, 0.15) is 19.3 Å². The highest BCUT2D eigenvalue weighted by molar-refractivity contribution is 5.18. The Kier molecular flexibility index (Phi) is 3.02. The number of rotatable bonds is 1. The molecule has 0 spiro atoms. The Morgan fingerprint density at radius 1 is 1.36 bits per heavy atom. The van der Waals surface area contributed by atoms with Gasteiger partial charge in [-0.1, -0.05) is 6.08 Å². The topological polar surface area (TPSA) is 3.24 Å². The molecule has 0 aromatic carbocycles. The number of piperidine rings is 1. The van der Waals surface area contributed by atoms with E-state index in [4.69, 9.17) is 0 Å². The van der Waals surface area contributed by atoms with Crippen molar-refractivity contribution in [2.24, 2.45) is 11.8 Å². The lowest BCUT2D eigenvalue weighted by Crippen LogP contribution is -2.33. The van der Waals surface area contributed by atoms with E-state index in [9.17, 15) is 4.39 Å². The quantitative estimate of drug-likeness (QED) is 0.622. The maximum atomic E-state index is 12.8. The number of hydrogen-bond acceptors (Lipinski definition) is 1. The summed E-state index contributed by atoms with van der Waals surface area (Å²) in [6, 6.07) is 0. The minimum Gasteiger partial charge on any atom is -0.306 e. The summed E-state index contributed by atoms with van der Waals surface area (Å²) in [5.74, 6) is 1.30. The molecule has 1 fully saturated rings. The van der Waals surface area contributed by atoms with Crippen LogP contribution in [0.3, 0.4) is 0 Å². The van der Waals surface area contributed by atoms with E-state index in [-0.39, 0.29) is 5.83 Å². The number of likely N-dealkylation sites (tertiary alicyclic amines) is 1. The van der Waals surface area contributed by atoms with Crippen LogP contribution in [0.25, 0.3) is 0 Å². The Bertz CT molecular complexity index is 249. The van der Waals surface area contributed by atoms with Crippen LogP contribution >= 0.6 is 0 Å². The molecule has 0 amide bonds. The molecule has 1 atom stereocenters. The summed E-state index contributed by atoms with van der Waals surface area (Å²) in [7, 11) is 2.17. The van der Waals surface area contributed by atoms with Crippen LogP contribution in [0.5, 0.6) is 0 Å². The zero-order valence-electron chi connectivity index (χ0n) is 8.75. The fraction of sp³-hybridized carbons (Fsp3) is 0.667. The molecule has 0 radical (unpaired) electrons. The predicted octanol–water partition coefficient (Wildman–Crippen LogP) is 2.76. The molecule has 78 valence electrons. The molecule has 1 aliphatic carbocycles. The summed E-state index contributed by atoms with van der Waals surface area (Å²) in [4.78, 5) is 2.37. The van der Waals surface area contributed by atoms with Crippen molar-refractivity contribution in [2.45, 2.75) is 19.3 Å². The van der Waals surface area contributed by atoms with Crippen molar-refractivity contribution < 1.29 is 4.39 Å². The third kappa shape index (κ3) is 2.24. The lowest BCUT2D eigenvalue weighted by molar-refractivity contribution is 0.188. The Hall–Kier alpha value is -0.630. The third-order valence-electron chi connectivity index (χ3n) is 3.46. The summed E-state index contributed by atoms with van der Waals surface area (Å²) in [6.45, 7) is 2.39. The van der Waals surface area contributed by atoms with Gasteiger partial charge >= 0.3 is 0 Å². The van der Waals surface area contributed by atoms with Gasteiger partial charge in [0.05, 0.1) is 0 Å². The van der Waals surface area contributed by atoms with Gasteiger partial charge in [-0.15, -0.1) is 0 Å². The molecular weight excluding hydrogens is 177 g/mol. The van der Waals surface area contributed by atoms with Crippen molar-refractivity contribution in [1.29, 1.82) is 0 Å². The summed E-state index contributed by atoms with van der Waals surface area (Å²) < 4.78 is 12.8. The first-order valence-electron chi connectivity index (χ1n) is 5.48. The minimum absolute atomic E-state index is 0.0609. The van der Waals surface area contributed by atoms with E-state index in [1.807, 2.05) is 0 Å². The highest BCUT2D eigenvalue weighted by Crippen LogP contribution is 2.31. The molecule has 2 rings (SSSR count). The highest BCUT2D eigenvalue weighted by atomic mass is 19.1. The van der Waals surface area contributed by atoms with Crippen LogP contribution < -0.4 is 0 Å². The average molecular weight is 195 g/mol. The fourth-order valence-electron chi connectivity index (χ4n) is 2.42. The second-order valence-electron chi connectivity index (χ2n) is 4.49. The lowest BCUT2D eigenvalue weighted by atomic mass is 9.81. The number of nitrogens with zero attached hydrogens (tertiary/aromatic N) is 1. The van der Waals surface area contributed by atoms with Crippen molar-refractivity contribution >= 4 is 0 Å². The van der Waals surface area contributed by atoms with Crippen LogP contribution in [0.4, 0.5) is 4.39 Å². The van der Waals surface area contributed by atoms with Crippen molar-refractivity contribution in [1.82, 2.24) is 4.90 Å². The molecule has 2 aliphatic rings. The van der Waals surface area contributed by atoms with Gasteiger partial charge in [-0.05, 0) is 63.4 Å². The number of allylic oxidation sites excluding steroid dienone is 4. The van der Waals surface area contributed by atoms with Crippen molar-refractivity contribution in [3.05, 3.63) is 24.1 Å². The summed E-state index contributed by atoms with van der Waals surface area (Å²) in [6.07, 6.45) is 8.85. The lowest BCUT2D eigenvalue weighted by Gasteiger charge is -2.33. The van der Waals surface area contributed by atoms with Gasteiger partial charge in [0.15, 0.2) is 0 Å². The maximum absolute atomic E-state index is 12.8. The van der Waals surface area contributed by atoms with Gasteiger partial charge < -0.3 is 4.90 Å². The SMILES string of the molecule is CN1CCC(C2C=CC(F)=CC2)CC1. The van der Waals surface area contributed by atoms with Crippen LogP contribution in [0, 0.1) is 11.8 Å². The molecular formula is C12H18FN. The second kappa shape index (κ2) is 4.26. The molecule has 0 aromatic heterocycles. The largest absolute Gasteiger partial charge is 0.306 e. The molecule has 1 saturated heterocycles. The third-order valence-corrected chi connectivity index (χ3v) is 3.46. The Morgan fingerprint density at radius 3 is 2.64 bits per heavy atom. The zero-order chi connectivity index (χ0) is 9.97. The zero-order valence-corrected chi connectivity index (χ0v) is 8.75. The first-order chi connectivity index (χ1) is 6.75. The Morgan fingerprint density at radius 2 is 2.07 bits per heavy atom. The molecule has 14 heavy (non-hydrogen) atoms. The first kappa shape index (κ1) is 9.91. The smallest absolute Gasteiger partial charge is 0.118 e. The first-order valence-corrected chi connectivity index (χ1v) is 5.48. The van der Waals surface area contributed by atoms with E-state index in [1.165, 1.54) is 25.9 Å². The summed E-state index contributed by atoms with van der Waals surface area (Å²) >= 11 is 0. The van der Waals surface area contributed by atoms with E-state index in [2.05, 4.69) is 18.0 Å². The fourth-order valence-corrected chi connectivity index (χ4v) is 2.42. The number of halogens is 1. The van der Waals surface area contributed by atoms with Crippen LogP contribution in [0.15, 0.2) is 24.1 Å². The monoisotopic (exact) mass is 195 g/mol. The highest BCUT2D eigenvalue weighted by Gasteiger charge is 2.24. The van der Waals surface area contributed by atoms with Crippen LogP contribution in [-0.2, 0) is 0 Å². The van der Waals surface area contributed by atoms with Gasteiger partial charge in [-0.3, -0.25) is 0 Å². The van der Waals surface area contributed by atoms with E-state index in [0.717, 1.165) is 12.3 Å². The normalized spacial score (nSPS) is 30.4. The van der Waals surface area contributed by atoms with Crippen LogP contribution in [-0.4, -0.2) is 25.0 Å². The number of hydrogen-bond donors (Lipinski definition) is 0. The van der Waals surface area contributed by atoms with Gasteiger partial charge in [0.2, 0.25) is 0 Å². The molecule has 0 bridgehead atoms. The maximum Gasteiger partial charge on any atom is 0.118 e. The minimum atomic E-state index is -0.0609. The summed E-state index contributed by atoms with van der Waals surface area (Å²) in [5, 5.41) is 0.